The Balaban J connectivity index is 1.51. The molecule has 35 heavy (non-hydrogen) atoms. The molecule has 3 aromatic carbocycles. The molecule has 2 aromatic heterocycles. The summed E-state index contributed by atoms with van der Waals surface area (Å²) < 4.78 is 0.965. The van der Waals surface area contributed by atoms with Crippen molar-refractivity contribution >= 4 is 34.8 Å². The van der Waals surface area contributed by atoms with Crippen LogP contribution in [0.2, 0.25) is 0 Å². The summed E-state index contributed by atoms with van der Waals surface area (Å²) in [4.78, 5) is 24.3. The van der Waals surface area contributed by atoms with Crippen LogP contribution in [0.4, 0.5) is 5.82 Å². The maximum Gasteiger partial charge on any atom is 0.256 e. The van der Waals surface area contributed by atoms with Crippen LogP contribution >= 0.6 is 23.1 Å². The molecular weight excluding hydrogens is 470 g/mol. The fourth-order valence-corrected chi connectivity index (χ4v) is 5.79. The van der Waals surface area contributed by atoms with Crippen LogP contribution in [0.25, 0.3) is 21.7 Å². The smallest absolute Gasteiger partial charge is 0.256 e. The van der Waals surface area contributed by atoms with Crippen LogP contribution < -0.4 is 5.32 Å². The van der Waals surface area contributed by atoms with Gasteiger partial charge < -0.3 is 5.32 Å². The first kappa shape index (κ1) is 23.0. The number of benzene rings is 3. The lowest BCUT2D eigenvalue weighted by Gasteiger charge is -2.07. The van der Waals surface area contributed by atoms with Gasteiger partial charge in [0.1, 0.15) is 5.82 Å². The molecule has 4 nitrogen and oxygen atoms in total. The molecule has 0 aliphatic rings. The van der Waals surface area contributed by atoms with E-state index in [9.17, 15) is 4.79 Å². The van der Waals surface area contributed by atoms with Crippen molar-refractivity contribution in [1.82, 2.24) is 9.97 Å². The summed E-state index contributed by atoms with van der Waals surface area (Å²) in [5.41, 5.74) is 5.97. The zero-order valence-corrected chi connectivity index (χ0v) is 21.0. The number of nitrogens with one attached hydrogen (secondary N) is 1. The van der Waals surface area contributed by atoms with Crippen molar-refractivity contribution in [2.75, 3.05) is 5.32 Å². The molecule has 172 valence electrons. The van der Waals surface area contributed by atoms with Gasteiger partial charge in [-0.25, -0.2) is 9.97 Å². The third-order valence-electron chi connectivity index (χ3n) is 5.42. The highest BCUT2D eigenvalue weighted by Gasteiger charge is 2.17. The van der Waals surface area contributed by atoms with Gasteiger partial charge in [0.25, 0.3) is 5.91 Å². The van der Waals surface area contributed by atoms with Gasteiger partial charge in [-0.3, -0.25) is 4.79 Å². The fourth-order valence-electron chi connectivity index (χ4n) is 3.65. The van der Waals surface area contributed by atoms with Crippen LogP contribution in [0.5, 0.6) is 0 Å². The Morgan fingerprint density at radius 2 is 1.63 bits per heavy atom. The van der Waals surface area contributed by atoms with E-state index < -0.39 is 0 Å². The highest BCUT2D eigenvalue weighted by Crippen LogP contribution is 2.42. The van der Waals surface area contributed by atoms with Gasteiger partial charge in [0.05, 0.1) is 10.6 Å². The number of amides is 1. The minimum atomic E-state index is -0.186. The largest absolute Gasteiger partial charge is 0.307 e. The first-order valence-corrected chi connectivity index (χ1v) is 12.8. The molecule has 0 saturated carbocycles. The number of pyridine rings is 1. The molecule has 1 N–H and O–H groups in total. The Labute approximate surface area is 213 Å². The molecule has 0 radical (unpaired) electrons. The maximum absolute atomic E-state index is 12.7. The van der Waals surface area contributed by atoms with Crippen molar-refractivity contribution in [1.29, 1.82) is 0 Å². The van der Waals surface area contributed by atoms with E-state index in [1.807, 2.05) is 30.3 Å². The van der Waals surface area contributed by atoms with Crippen molar-refractivity contribution in [3.8, 4) is 21.7 Å². The number of carbonyl (C=O) groups is 1. The third-order valence-corrected chi connectivity index (χ3v) is 7.60. The van der Waals surface area contributed by atoms with Crippen LogP contribution in [-0.2, 0) is 0 Å². The minimum absolute atomic E-state index is 0.186. The van der Waals surface area contributed by atoms with Gasteiger partial charge in [-0.1, -0.05) is 71.4 Å². The fraction of sp³-hybridized carbons (Fsp3) is 0.0690. The Morgan fingerprint density at radius 3 is 2.40 bits per heavy atom. The average molecular weight is 494 g/mol. The number of aryl methyl sites for hydroxylation is 2. The average Bonchev–Trinajstić information content (AvgIpc) is 3.30. The van der Waals surface area contributed by atoms with Gasteiger partial charge in [0.15, 0.2) is 4.34 Å². The van der Waals surface area contributed by atoms with E-state index in [-0.39, 0.29) is 5.91 Å². The normalized spacial score (nSPS) is 10.8. The molecule has 0 aliphatic carbocycles. The van der Waals surface area contributed by atoms with Crippen molar-refractivity contribution < 1.29 is 4.79 Å². The molecule has 0 unspecified atom stereocenters. The van der Waals surface area contributed by atoms with Crippen molar-refractivity contribution in [3.05, 3.63) is 114 Å². The zero-order valence-electron chi connectivity index (χ0n) is 19.4. The number of hydrogen-bond acceptors (Lipinski definition) is 5. The SMILES string of the molecule is Cc1ccc(Sc2nc(-c3cccc(C)c3)c(-c3ccnc(NC(=O)c4ccccc4)c3)s2)cc1. The second-order valence-corrected chi connectivity index (χ2v) is 10.5. The van der Waals surface area contributed by atoms with E-state index in [0.29, 0.717) is 11.4 Å². The van der Waals surface area contributed by atoms with E-state index >= 15 is 0 Å². The highest BCUT2D eigenvalue weighted by atomic mass is 32.2. The van der Waals surface area contributed by atoms with Crippen LogP contribution in [-0.4, -0.2) is 15.9 Å². The monoisotopic (exact) mass is 493 g/mol. The molecule has 0 atom stereocenters. The molecule has 0 aliphatic heterocycles. The van der Waals surface area contributed by atoms with Crippen molar-refractivity contribution in [3.63, 3.8) is 0 Å². The second kappa shape index (κ2) is 10.3. The Bertz CT molecular complexity index is 1480. The van der Waals surface area contributed by atoms with Gasteiger partial charge in [-0.05, 0) is 61.9 Å². The lowest BCUT2D eigenvalue weighted by atomic mass is 10.1. The topological polar surface area (TPSA) is 54.9 Å². The number of carbonyl (C=O) groups excluding carboxylic acids is 1. The van der Waals surface area contributed by atoms with Crippen LogP contribution in [0.3, 0.4) is 0 Å². The molecule has 2 heterocycles. The van der Waals surface area contributed by atoms with Gasteiger partial charge in [-0.2, -0.15) is 0 Å². The van der Waals surface area contributed by atoms with Crippen LogP contribution in [0, 0.1) is 13.8 Å². The summed E-state index contributed by atoms with van der Waals surface area (Å²) in [5.74, 6) is 0.321. The Hall–Kier alpha value is -3.74. The second-order valence-electron chi connectivity index (χ2n) is 8.19. The Kier molecular flexibility index (Phi) is 6.75. The molecule has 6 heteroatoms. The number of nitrogens with zero attached hydrogens (tertiary/aromatic N) is 2. The summed E-state index contributed by atoms with van der Waals surface area (Å²) >= 11 is 3.31. The van der Waals surface area contributed by atoms with Crippen LogP contribution in [0.15, 0.2) is 106 Å². The van der Waals surface area contributed by atoms with E-state index in [2.05, 4.69) is 72.7 Å². The predicted molar refractivity (Wildman–Crippen MR) is 145 cm³/mol. The minimum Gasteiger partial charge on any atom is -0.307 e. The lowest BCUT2D eigenvalue weighted by molar-refractivity contribution is 0.102. The molecule has 5 rings (SSSR count). The molecule has 0 fully saturated rings. The lowest BCUT2D eigenvalue weighted by Crippen LogP contribution is -2.12. The summed E-state index contributed by atoms with van der Waals surface area (Å²) in [6.07, 6.45) is 1.72. The molecule has 5 aromatic rings. The first-order valence-electron chi connectivity index (χ1n) is 11.2. The predicted octanol–water partition coefficient (Wildman–Crippen LogP) is 7.89. The number of rotatable bonds is 6. The number of anilines is 1. The summed E-state index contributed by atoms with van der Waals surface area (Å²) in [6.45, 7) is 4.17. The summed E-state index contributed by atoms with van der Waals surface area (Å²) in [6, 6.07) is 29.9. The first-order chi connectivity index (χ1) is 17.0. The zero-order chi connectivity index (χ0) is 24.2. The Morgan fingerprint density at radius 1 is 0.829 bits per heavy atom. The third kappa shape index (κ3) is 5.50. The summed E-state index contributed by atoms with van der Waals surface area (Å²) in [7, 11) is 0. The molecule has 1 amide bonds. The van der Waals surface area contributed by atoms with Gasteiger partial charge in [0, 0.05) is 22.2 Å². The van der Waals surface area contributed by atoms with Crippen molar-refractivity contribution in [2.45, 2.75) is 23.1 Å². The van der Waals surface area contributed by atoms with E-state index in [1.165, 1.54) is 11.1 Å². The molecule has 0 bridgehead atoms. The van der Waals surface area contributed by atoms with Gasteiger partial charge in [0.2, 0.25) is 0 Å². The van der Waals surface area contributed by atoms with E-state index in [0.717, 1.165) is 30.9 Å². The number of hydrogen-bond donors (Lipinski definition) is 1. The van der Waals surface area contributed by atoms with Crippen molar-refractivity contribution in [2.24, 2.45) is 0 Å². The standard InChI is InChI=1S/C29H23N3OS2/c1-19-11-13-24(14-12-19)34-29-32-26(22-10-6-7-20(2)17-22)27(35-29)23-15-16-30-25(18-23)31-28(33)21-8-4-3-5-9-21/h3-18H,1-2H3,(H,30,31,33). The highest BCUT2D eigenvalue weighted by molar-refractivity contribution is 8.01. The number of aromatic nitrogens is 2. The molecule has 0 spiro atoms. The van der Waals surface area contributed by atoms with E-state index in [4.69, 9.17) is 4.98 Å². The van der Waals surface area contributed by atoms with Gasteiger partial charge in [-0.15, -0.1) is 11.3 Å². The van der Waals surface area contributed by atoms with Crippen LogP contribution in [0.1, 0.15) is 21.5 Å². The molecular formula is C29H23N3OS2. The quantitative estimate of drug-likeness (QED) is 0.261. The summed E-state index contributed by atoms with van der Waals surface area (Å²) in [5, 5.41) is 2.92. The van der Waals surface area contributed by atoms with Gasteiger partial charge >= 0.3 is 0 Å². The maximum atomic E-state index is 12.7. The number of thiazole rings is 1. The van der Waals surface area contributed by atoms with E-state index in [1.54, 1.807) is 41.4 Å². The molecule has 0 saturated heterocycles.